The van der Waals surface area contributed by atoms with Crippen molar-refractivity contribution in [2.75, 3.05) is 7.11 Å². The fourth-order valence-electron chi connectivity index (χ4n) is 1.16. The molecule has 1 aromatic carbocycles. The molecule has 2 heteroatoms. The maximum Gasteiger partial charge on any atom is 0.106 e. The van der Waals surface area contributed by atoms with Crippen LogP contribution in [-0.2, 0) is 4.84 Å². The molecule has 2 nitrogen and oxygen atoms in total. The van der Waals surface area contributed by atoms with Crippen LogP contribution in [-0.4, -0.2) is 12.8 Å². The van der Waals surface area contributed by atoms with E-state index in [1.807, 2.05) is 6.92 Å². The number of nitrogens with zero attached hydrogens (tertiary/aromatic N) is 1. The Hall–Kier alpha value is -1.31. The van der Waals surface area contributed by atoms with Gasteiger partial charge in [-0.25, -0.2) is 0 Å². The second-order valence-electron chi connectivity index (χ2n) is 3.16. The Balaban J connectivity index is 3.04. The van der Waals surface area contributed by atoms with Gasteiger partial charge in [-0.1, -0.05) is 17.3 Å². The van der Waals surface area contributed by atoms with E-state index < -0.39 is 0 Å². The van der Waals surface area contributed by atoms with Crippen molar-refractivity contribution in [1.29, 1.82) is 0 Å². The number of hydrogen-bond acceptors (Lipinski definition) is 2. The lowest BCUT2D eigenvalue weighted by Gasteiger charge is -2.03. The van der Waals surface area contributed by atoms with Gasteiger partial charge in [0.05, 0.1) is 5.71 Å². The molecule has 70 valence electrons. The summed E-state index contributed by atoms with van der Waals surface area (Å²) in [6, 6.07) is 6.27. The molecule has 0 heterocycles. The molecule has 1 rings (SSSR count). The lowest BCUT2D eigenvalue weighted by atomic mass is 10.0. The van der Waals surface area contributed by atoms with Crippen molar-refractivity contribution in [3.8, 4) is 0 Å². The van der Waals surface area contributed by atoms with Gasteiger partial charge in [-0.15, -0.1) is 0 Å². The third kappa shape index (κ3) is 2.31. The van der Waals surface area contributed by atoms with Gasteiger partial charge < -0.3 is 4.84 Å². The Kier molecular flexibility index (Phi) is 3.07. The molecule has 0 saturated heterocycles. The number of hydrogen-bond donors (Lipinski definition) is 0. The SMILES string of the molecule is CO/N=C(/C)c1ccc(C)c(C)c1. The molecule has 0 radical (unpaired) electrons. The summed E-state index contributed by atoms with van der Waals surface area (Å²) in [5.74, 6) is 0. The minimum absolute atomic E-state index is 0.908. The van der Waals surface area contributed by atoms with Crippen molar-refractivity contribution in [2.24, 2.45) is 5.16 Å². The second kappa shape index (κ2) is 4.08. The lowest BCUT2D eigenvalue weighted by Crippen LogP contribution is -1.96. The Labute approximate surface area is 79.2 Å². The Bertz CT molecular complexity index is 329. The zero-order valence-corrected chi connectivity index (χ0v) is 8.59. The van der Waals surface area contributed by atoms with Gasteiger partial charge in [-0.05, 0) is 43.5 Å². The van der Waals surface area contributed by atoms with E-state index in [-0.39, 0.29) is 0 Å². The summed E-state index contributed by atoms with van der Waals surface area (Å²) in [6.45, 7) is 6.13. The van der Waals surface area contributed by atoms with Gasteiger partial charge in [-0.2, -0.15) is 0 Å². The third-order valence-corrected chi connectivity index (χ3v) is 2.15. The molecule has 0 N–H and O–H groups in total. The first kappa shape index (κ1) is 9.78. The van der Waals surface area contributed by atoms with Gasteiger partial charge in [0, 0.05) is 0 Å². The smallest absolute Gasteiger partial charge is 0.106 e. The van der Waals surface area contributed by atoms with Crippen LogP contribution in [0.5, 0.6) is 0 Å². The fourth-order valence-corrected chi connectivity index (χ4v) is 1.16. The van der Waals surface area contributed by atoms with Crippen LogP contribution in [0.3, 0.4) is 0 Å². The van der Waals surface area contributed by atoms with E-state index in [9.17, 15) is 0 Å². The largest absolute Gasteiger partial charge is 0.399 e. The molecule has 13 heavy (non-hydrogen) atoms. The van der Waals surface area contributed by atoms with Gasteiger partial charge >= 0.3 is 0 Å². The molecule has 0 saturated carbocycles. The van der Waals surface area contributed by atoms with Gasteiger partial charge in [0.1, 0.15) is 7.11 Å². The van der Waals surface area contributed by atoms with E-state index in [2.05, 4.69) is 37.2 Å². The normalized spacial score (nSPS) is 11.5. The van der Waals surface area contributed by atoms with Crippen molar-refractivity contribution in [3.63, 3.8) is 0 Å². The molecule has 0 aliphatic rings. The number of oxime groups is 1. The number of rotatable bonds is 2. The highest BCUT2D eigenvalue weighted by molar-refractivity contribution is 5.98. The third-order valence-electron chi connectivity index (χ3n) is 2.15. The summed E-state index contributed by atoms with van der Waals surface area (Å²) >= 11 is 0. The van der Waals surface area contributed by atoms with Crippen LogP contribution in [0.2, 0.25) is 0 Å². The van der Waals surface area contributed by atoms with Gasteiger partial charge in [-0.3, -0.25) is 0 Å². The van der Waals surface area contributed by atoms with Crippen LogP contribution in [0.1, 0.15) is 23.6 Å². The molecule has 0 aliphatic heterocycles. The van der Waals surface area contributed by atoms with E-state index in [1.165, 1.54) is 11.1 Å². The lowest BCUT2D eigenvalue weighted by molar-refractivity contribution is 0.213. The Morgan fingerprint density at radius 2 is 1.92 bits per heavy atom. The molecule has 0 spiro atoms. The van der Waals surface area contributed by atoms with Crippen LogP contribution in [0, 0.1) is 13.8 Å². The topological polar surface area (TPSA) is 21.6 Å². The quantitative estimate of drug-likeness (QED) is 0.502. The second-order valence-corrected chi connectivity index (χ2v) is 3.16. The average Bonchev–Trinajstić information content (AvgIpc) is 2.10. The monoisotopic (exact) mass is 177 g/mol. The van der Waals surface area contributed by atoms with Crippen LogP contribution in [0.4, 0.5) is 0 Å². The molecule has 0 fully saturated rings. The highest BCUT2D eigenvalue weighted by Crippen LogP contribution is 2.10. The fraction of sp³-hybridized carbons (Fsp3) is 0.364. The molecular formula is C11H15NO. The zero-order chi connectivity index (χ0) is 9.84. The zero-order valence-electron chi connectivity index (χ0n) is 8.59. The summed E-state index contributed by atoms with van der Waals surface area (Å²) < 4.78 is 0. The summed E-state index contributed by atoms with van der Waals surface area (Å²) in [7, 11) is 1.56. The average molecular weight is 177 g/mol. The molecule has 0 unspecified atom stereocenters. The number of benzene rings is 1. The predicted octanol–water partition coefficient (Wildman–Crippen LogP) is 2.67. The van der Waals surface area contributed by atoms with Crippen molar-refractivity contribution in [3.05, 3.63) is 34.9 Å². The van der Waals surface area contributed by atoms with Crippen LogP contribution in [0.15, 0.2) is 23.4 Å². The number of aryl methyl sites for hydroxylation is 2. The first-order chi connectivity index (χ1) is 6.15. The first-order valence-electron chi connectivity index (χ1n) is 4.30. The molecule has 0 aliphatic carbocycles. The highest BCUT2D eigenvalue weighted by atomic mass is 16.6. The summed E-state index contributed by atoms with van der Waals surface area (Å²) in [4.78, 5) is 4.72. The van der Waals surface area contributed by atoms with E-state index in [1.54, 1.807) is 7.11 Å². The van der Waals surface area contributed by atoms with E-state index in [0.717, 1.165) is 11.3 Å². The summed E-state index contributed by atoms with van der Waals surface area (Å²) in [6.07, 6.45) is 0. The van der Waals surface area contributed by atoms with Gasteiger partial charge in [0.15, 0.2) is 0 Å². The van der Waals surface area contributed by atoms with Crippen molar-refractivity contribution in [1.82, 2.24) is 0 Å². The van der Waals surface area contributed by atoms with Crippen molar-refractivity contribution in [2.45, 2.75) is 20.8 Å². The molecule has 0 atom stereocenters. The van der Waals surface area contributed by atoms with E-state index >= 15 is 0 Å². The standard InChI is InChI=1S/C11H15NO/c1-8-5-6-11(7-9(8)2)10(3)12-13-4/h5-7H,1-4H3/b12-10-. The Morgan fingerprint density at radius 1 is 1.23 bits per heavy atom. The van der Waals surface area contributed by atoms with Gasteiger partial charge in [0.2, 0.25) is 0 Å². The van der Waals surface area contributed by atoms with E-state index in [4.69, 9.17) is 4.84 Å². The van der Waals surface area contributed by atoms with Crippen LogP contribution < -0.4 is 0 Å². The molecule has 0 aromatic heterocycles. The molecule has 1 aromatic rings. The summed E-state index contributed by atoms with van der Waals surface area (Å²) in [5.41, 5.74) is 4.60. The molecular weight excluding hydrogens is 162 g/mol. The maximum absolute atomic E-state index is 4.72. The highest BCUT2D eigenvalue weighted by Gasteiger charge is 1.99. The first-order valence-corrected chi connectivity index (χ1v) is 4.30. The van der Waals surface area contributed by atoms with Crippen molar-refractivity contribution >= 4 is 5.71 Å². The Morgan fingerprint density at radius 3 is 2.46 bits per heavy atom. The molecule has 0 bridgehead atoms. The van der Waals surface area contributed by atoms with E-state index in [0.29, 0.717) is 0 Å². The van der Waals surface area contributed by atoms with Crippen molar-refractivity contribution < 1.29 is 4.84 Å². The van der Waals surface area contributed by atoms with Gasteiger partial charge in [0.25, 0.3) is 0 Å². The van der Waals surface area contributed by atoms with Crippen LogP contribution >= 0.6 is 0 Å². The van der Waals surface area contributed by atoms with Crippen LogP contribution in [0.25, 0.3) is 0 Å². The minimum atomic E-state index is 0.908. The predicted molar refractivity (Wildman–Crippen MR) is 55.1 cm³/mol. The maximum atomic E-state index is 4.72. The summed E-state index contributed by atoms with van der Waals surface area (Å²) in [5, 5.41) is 3.88. The molecule has 0 amide bonds. The minimum Gasteiger partial charge on any atom is -0.399 e.